The van der Waals surface area contributed by atoms with Gasteiger partial charge in [-0.1, -0.05) is 19.3 Å². The summed E-state index contributed by atoms with van der Waals surface area (Å²) >= 11 is 0. The van der Waals surface area contributed by atoms with Crippen LogP contribution in [0.4, 0.5) is 0 Å². The van der Waals surface area contributed by atoms with Gasteiger partial charge in [0.05, 0.1) is 5.69 Å². The average molecular weight is 235 g/mol. The second-order valence-electron chi connectivity index (χ2n) is 5.48. The van der Waals surface area contributed by atoms with Crippen molar-refractivity contribution >= 4 is 0 Å². The van der Waals surface area contributed by atoms with Gasteiger partial charge >= 0.3 is 0 Å². The molecule has 0 spiro atoms. The molecule has 1 fully saturated rings. The zero-order chi connectivity index (χ0) is 12.3. The fraction of sp³-hybridized carbons (Fsp3) is 0.786. The molecule has 0 bridgehead atoms. The van der Waals surface area contributed by atoms with Gasteiger partial charge in [-0.2, -0.15) is 5.10 Å². The maximum Gasteiger partial charge on any atom is 0.0641 e. The Hall–Kier alpha value is -0.830. The molecule has 1 N–H and O–H groups in total. The first-order valence-corrected chi connectivity index (χ1v) is 6.90. The Kier molecular flexibility index (Phi) is 4.21. The summed E-state index contributed by atoms with van der Waals surface area (Å²) < 4.78 is 1.91. The maximum absolute atomic E-state index is 4.40. The lowest BCUT2D eigenvalue weighted by molar-refractivity contribution is 0.331. The first kappa shape index (κ1) is 12.6. The Morgan fingerprint density at radius 2 is 2.12 bits per heavy atom. The van der Waals surface area contributed by atoms with Crippen molar-refractivity contribution in [3.8, 4) is 0 Å². The van der Waals surface area contributed by atoms with Crippen LogP contribution in [-0.4, -0.2) is 16.3 Å². The fourth-order valence-corrected chi connectivity index (χ4v) is 2.89. The van der Waals surface area contributed by atoms with E-state index in [0.717, 1.165) is 18.2 Å². The number of hydrogen-bond acceptors (Lipinski definition) is 2. The van der Waals surface area contributed by atoms with Crippen molar-refractivity contribution in [2.75, 3.05) is 6.54 Å². The predicted octanol–water partition coefficient (Wildman–Crippen LogP) is 2.96. The van der Waals surface area contributed by atoms with Crippen molar-refractivity contribution in [1.82, 2.24) is 15.1 Å². The minimum absolute atomic E-state index is 0.422. The summed E-state index contributed by atoms with van der Waals surface area (Å²) in [5.74, 6) is 0.892. The standard InChI is InChI=1S/C14H25N3/c1-11(14-10-17(3)16-12(14)2)15-9-13-7-5-4-6-8-13/h10-11,13,15H,4-9H2,1-3H3. The van der Waals surface area contributed by atoms with E-state index in [4.69, 9.17) is 0 Å². The number of aromatic nitrogens is 2. The normalized spacial score (nSPS) is 19.5. The minimum atomic E-state index is 0.422. The number of nitrogens with zero attached hydrogens (tertiary/aromatic N) is 2. The Morgan fingerprint density at radius 3 is 2.71 bits per heavy atom. The Balaban J connectivity index is 1.84. The molecule has 1 aromatic rings. The van der Waals surface area contributed by atoms with E-state index in [1.165, 1.54) is 37.7 Å². The highest BCUT2D eigenvalue weighted by Crippen LogP contribution is 2.24. The van der Waals surface area contributed by atoms with Crippen LogP contribution in [0.1, 0.15) is 56.3 Å². The molecule has 1 aromatic heterocycles. The number of nitrogens with one attached hydrogen (secondary N) is 1. The maximum atomic E-state index is 4.40. The molecule has 0 aromatic carbocycles. The molecule has 0 aliphatic heterocycles. The van der Waals surface area contributed by atoms with Gasteiger partial charge < -0.3 is 5.32 Å². The van der Waals surface area contributed by atoms with Gasteiger partial charge in [0.2, 0.25) is 0 Å². The number of rotatable bonds is 4. The van der Waals surface area contributed by atoms with Gasteiger partial charge in [-0.05, 0) is 39.2 Å². The second kappa shape index (κ2) is 5.67. The molecule has 1 saturated carbocycles. The first-order chi connectivity index (χ1) is 8.16. The summed E-state index contributed by atoms with van der Waals surface area (Å²) in [6.45, 7) is 5.50. The fourth-order valence-electron chi connectivity index (χ4n) is 2.89. The molecule has 0 radical (unpaired) electrons. The third kappa shape index (κ3) is 3.32. The van der Waals surface area contributed by atoms with Crippen LogP contribution < -0.4 is 5.32 Å². The molecule has 1 aliphatic carbocycles. The summed E-state index contributed by atoms with van der Waals surface area (Å²) in [6, 6.07) is 0.422. The third-order valence-electron chi connectivity index (χ3n) is 3.96. The van der Waals surface area contributed by atoms with Crippen LogP contribution in [0.2, 0.25) is 0 Å². The second-order valence-corrected chi connectivity index (χ2v) is 5.48. The Morgan fingerprint density at radius 1 is 1.41 bits per heavy atom. The molecule has 0 saturated heterocycles. The molecule has 0 amide bonds. The number of hydrogen-bond donors (Lipinski definition) is 1. The molecule has 1 unspecified atom stereocenters. The molecule has 2 rings (SSSR count). The molecular weight excluding hydrogens is 210 g/mol. The van der Waals surface area contributed by atoms with Gasteiger partial charge in [-0.25, -0.2) is 0 Å². The van der Waals surface area contributed by atoms with Crippen LogP contribution in [0.5, 0.6) is 0 Å². The van der Waals surface area contributed by atoms with Crippen molar-refractivity contribution in [2.24, 2.45) is 13.0 Å². The first-order valence-electron chi connectivity index (χ1n) is 6.90. The van der Waals surface area contributed by atoms with Gasteiger partial charge in [0.1, 0.15) is 0 Å². The van der Waals surface area contributed by atoms with Crippen molar-refractivity contribution in [1.29, 1.82) is 0 Å². The van der Waals surface area contributed by atoms with E-state index in [1.807, 2.05) is 11.7 Å². The molecular formula is C14H25N3. The summed E-state index contributed by atoms with van der Waals surface area (Å²) in [5, 5.41) is 8.07. The molecule has 3 nitrogen and oxygen atoms in total. The molecule has 1 heterocycles. The van der Waals surface area contributed by atoms with Crippen molar-refractivity contribution in [3.05, 3.63) is 17.5 Å². The van der Waals surface area contributed by atoms with Crippen LogP contribution in [0.25, 0.3) is 0 Å². The molecule has 1 aliphatic rings. The highest BCUT2D eigenvalue weighted by molar-refractivity contribution is 5.19. The van der Waals surface area contributed by atoms with Crippen LogP contribution in [-0.2, 0) is 7.05 Å². The average Bonchev–Trinajstić information content (AvgIpc) is 2.67. The third-order valence-corrected chi connectivity index (χ3v) is 3.96. The Bertz CT molecular complexity index is 350. The SMILES string of the molecule is Cc1nn(C)cc1C(C)NCC1CCCCC1. The van der Waals surface area contributed by atoms with Crippen LogP contribution >= 0.6 is 0 Å². The summed E-state index contributed by atoms with van der Waals surface area (Å²) in [5.41, 5.74) is 2.49. The van der Waals surface area contributed by atoms with E-state index in [9.17, 15) is 0 Å². The van der Waals surface area contributed by atoms with Gasteiger partial charge in [0.15, 0.2) is 0 Å². The van der Waals surface area contributed by atoms with Crippen LogP contribution in [0, 0.1) is 12.8 Å². The smallest absolute Gasteiger partial charge is 0.0641 e. The molecule has 3 heteroatoms. The summed E-state index contributed by atoms with van der Waals surface area (Å²) in [7, 11) is 1.99. The summed E-state index contributed by atoms with van der Waals surface area (Å²) in [4.78, 5) is 0. The predicted molar refractivity (Wildman–Crippen MR) is 70.9 cm³/mol. The van der Waals surface area contributed by atoms with E-state index < -0.39 is 0 Å². The zero-order valence-corrected chi connectivity index (χ0v) is 11.4. The lowest BCUT2D eigenvalue weighted by Crippen LogP contribution is -2.27. The lowest BCUT2D eigenvalue weighted by Gasteiger charge is -2.24. The van der Waals surface area contributed by atoms with E-state index in [2.05, 4.69) is 30.5 Å². The Labute approximate surface area is 105 Å². The van der Waals surface area contributed by atoms with Crippen molar-refractivity contribution in [3.63, 3.8) is 0 Å². The minimum Gasteiger partial charge on any atom is -0.310 e. The van der Waals surface area contributed by atoms with E-state index >= 15 is 0 Å². The summed E-state index contributed by atoms with van der Waals surface area (Å²) in [6.07, 6.45) is 9.23. The number of aryl methyl sites for hydroxylation is 2. The van der Waals surface area contributed by atoms with Crippen LogP contribution in [0.3, 0.4) is 0 Å². The van der Waals surface area contributed by atoms with Gasteiger partial charge in [-0.15, -0.1) is 0 Å². The van der Waals surface area contributed by atoms with Crippen LogP contribution in [0.15, 0.2) is 6.20 Å². The molecule has 1 atom stereocenters. The zero-order valence-electron chi connectivity index (χ0n) is 11.4. The van der Waals surface area contributed by atoms with Crippen molar-refractivity contribution in [2.45, 2.75) is 52.0 Å². The van der Waals surface area contributed by atoms with E-state index in [-0.39, 0.29) is 0 Å². The highest BCUT2D eigenvalue weighted by Gasteiger charge is 2.16. The van der Waals surface area contributed by atoms with Gasteiger partial charge in [-0.3, -0.25) is 4.68 Å². The lowest BCUT2D eigenvalue weighted by atomic mass is 9.89. The molecule has 96 valence electrons. The van der Waals surface area contributed by atoms with E-state index in [0.29, 0.717) is 6.04 Å². The van der Waals surface area contributed by atoms with Gasteiger partial charge in [0, 0.05) is 24.8 Å². The van der Waals surface area contributed by atoms with Gasteiger partial charge in [0.25, 0.3) is 0 Å². The highest BCUT2D eigenvalue weighted by atomic mass is 15.3. The largest absolute Gasteiger partial charge is 0.310 e. The topological polar surface area (TPSA) is 29.9 Å². The monoisotopic (exact) mass is 235 g/mol. The molecule has 17 heavy (non-hydrogen) atoms. The van der Waals surface area contributed by atoms with Crippen molar-refractivity contribution < 1.29 is 0 Å². The quantitative estimate of drug-likeness (QED) is 0.869. The van der Waals surface area contributed by atoms with E-state index in [1.54, 1.807) is 0 Å².